The van der Waals surface area contributed by atoms with Crippen LogP contribution in [0.1, 0.15) is 21.7 Å². The molecule has 1 N–H and O–H groups in total. The zero-order valence-electron chi connectivity index (χ0n) is 16.6. The molecule has 1 amide bonds. The van der Waals surface area contributed by atoms with Crippen molar-refractivity contribution >= 4 is 21.4 Å². The smallest absolute Gasteiger partial charge is 0.495 e. The van der Waals surface area contributed by atoms with Crippen LogP contribution in [0, 0.1) is 13.8 Å². The van der Waals surface area contributed by atoms with Gasteiger partial charge in [0.1, 0.15) is 5.75 Å². The van der Waals surface area contributed by atoms with Crippen molar-refractivity contribution in [1.82, 2.24) is 14.8 Å². The minimum Gasteiger partial charge on any atom is -0.495 e. The molecule has 31 heavy (non-hydrogen) atoms. The Morgan fingerprint density at radius 2 is 1.84 bits per heavy atom. The van der Waals surface area contributed by atoms with Gasteiger partial charge in [-0.05, 0) is 50.2 Å². The zero-order valence-corrected chi connectivity index (χ0v) is 17.4. The van der Waals surface area contributed by atoms with Gasteiger partial charge in [0.25, 0.3) is 15.7 Å². The van der Waals surface area contributed by atoms with Gasteiger partial charge in [0, 0.05) is 11.9 Å². The summed E-state index contributed by atoms with van der Waals surface area (Å²) in [4.78, 5) is 15.7. The van der Waals surface area contributed by atoms with Crippen molar-refractivity contribution in [3.8, 4) is 11.6 Å². The van der Waals surface area contributed by atoms with Crippen molar-refractivity contribution < 1.29 is 31.1 Å². The summed E-state index contributed by atoms with van der Waals surface area (Å²) in [6, 6.07) is 7.33. The summed E-state index contributed by atoms with van der Waals surface area (Å²) in [6.07, 6.45) is 1.27. The number of aromatic nitrogens is 3. The minimum atomic E-state index is -5.59. The number of rotatable bonds is 5. The molecule has 8 nitrogen and oxygen atoms in total. The highest BCUT2D eigenvalue weighted by Crippen LogP contribution is 2.34. The third kappa shape index (κ3) is 4.38. The van der Waals surface area contributed by atoms with Crippen LogP contribution < -0.4 is 10.1 Å². The van der Waals surface area contributed by atoms with Gasteiger partial charge in [-0.15, -0.1) is 0 Å². The first-order chi connectivity index (χ1) is 14.4. The molecule has 0 aliphatic carbocycles. The quantitative estimate of drug-likeness (QED) is 0.634. The second kappa shape index (κ2) is 8.02. The van der Waals surface area contributed by atoms with Gasteiger partial charge >= 0.3 is 5.51 Å². The Morgan fingerprint density at radius 3 is 2.35 bits per heavy atom. The van der Waals surface area contributed by atoms with Gasteiger partial charge in [-0.25, -0.2) is 18.1 Å². The van der Waals surface area contributed by atoms with Crippen LogP contribution >= 0.6 is 0 Å². The Labute approximate surface area is 175 Å². The van der Waals surface area contributed by atoms with Crippen LogP contribution in [0.2, 0.25) is 0 Å². The molecule has 2 aromatic heterocycles. The summed E-state index contributed by atoms with van der Waals surface area (Å²) in [5, 5.41) is 6.64. The molecule has 3 rings (SSSR count). The largest absolute Gasteiger partial charge is 0.501 e. The lowest BCUT2D eigenvalue weighted by Crippen LogP contribution is -2.23. The number of carbonyl (C=O) groups excluding carboxylic acids is 1. The molecule has 0 aliphatic heterocycles. The van der Waals surface area contributed by atoms with Gasteiger partial charge in [0.2, 0.25) is 0 Å². The first kappa shape index (κ1) is 22.3. The van der Waals surface area contributed by atoms with Crippen molar-refractivity contribution in [2.24, 2.45) is 0 Å². The van der Waals surface area contributed by atoms with Gasteiger partial charge in [-0.2, -0.15) is 18.3 Å². The molecular weight excluding hydrogens is 437 g/mol. The predicted molar refractivity (Wildman–Crippen MR) is 105 cm³/mol. The fraction of sp³-hybridized carbons (Fsp3) is 0.211. The summed E-state index contributed by atoms with van der Waals surface area (Å²) in [5.41, 5.74) is -3.99. The lowest BCUT2D eigenvalue weighted by molar-refractivity contribution is -0.0436. The number of nitrogens with one attached hydrogen (secondary N) is 1. The second-order valence-electron chi connectivity index (χ2n) is 6.51. The number of alkyl halides is 3. The standard InChI is InChI=1S/C19H17F3N4O4S/c1-11-8-12(2)26(25-11)17-7-4-13(10-23-17)18(27)24-15-9-14(5-6-16(15)30-3)31(28,29)19(20,21)22/h4-10H,1-3H3,(H,24,27). The van der Waals surface area contributed by atoms with E-state index in [9.17, 15) is 26.4 Å². The third-order valence-electron chi connectivity index (χ3n) is 4.27. The lowest BCUT2D eigenvalue weighted by atomic mass is 10.2. The Bertz CT molecular complexity index is 1240. The monoisotopic (exact) mass is 454 g/mol. The number of aryl methyl sites for hydroxylation is 2. The van der Waals surface area contributed by atoms with Crippen LogP contribution in [0.25, 0.3) is 5.82 Å². The predicted octanol–water partition coefficient (Wildman–Crippen LogP) is 3.44. The fourth-order valence-electron chi connectivity index (χ4n) is 2.79. The summed E-state index contributed by atoms with van der Waals surface area (Å²) in [7, 11) is -4.36. The molecule has 0 unspecified atom stereocenters. The highest BCUT2D eigenvalue weighted by molar-refractivity contribution is 7.92. The van der Waals surface area contributed by atoms with Crippen molar-refractivity contribution in [2.75, 3.05) is 12.4 Å². The maximum Gasteiger partial charge on any atom is 0.501 e. The number of amides is 1. The van der Waals surface area contributed by atoms with Gasteiger partial charge in [-0.1, -0.05) is 0 Å². The van der Waals surface area contributed by atoms with Gasteiger partial charge in [-0.3, -0.25) is 4.79 Å². The van der Waals surface area contributed by atoms with Crippen molar-refractivity contribution in [1.29, 1.82) is 0 Å². The first-order valence-electron chi connectivity index (χ1n) is 8.74. The van der Waals surface area contributed by atoms with E-state index in [0.717, 1.165) is 23.5 Å². The molecule has 12 heteroatoms. The number of halogens is 3. The zero-order chi connectivity index (χ0) is 23.0. The maximum atomic E-state index is 12.8. The molecule has 0 aliphatic rings. The molecule has 0 spiro atoms. The topological polar surface area (TPSA) is 103 Å². The normalized spacial score (nSPS) is 11.9. The number of methoxy groups -OCH3 is 1. The van der Waals surface area contributed by atoms with E-state index < -0.39 is 26.1 Å². The van der Waals surface area contributed by atoms with E-state index in [4.69, 9.17) is 4.74 Å². The first-order valence-corrected chi connectivity index (χ1v) is 10.2. The highest BCUT2D eigenvalue weighted by atomic mass is 32.2. The SMILES string of the molecule is COc1ccc(S(=O)(=O)C(F)(F)F)cc1NC(=O)c1ccc(-n2nc(C)cc2C)nc1. The molecule has 0 bridgehead atoms. The van der Waals surface area contributed by atoms with E-state index in [-0.39, 0.29) is 17.0 Å². The van der Waals surface area contributed by atoms with E-state index in [1.807, 2.05) is 19.9 Å². The number of benzene rings is 1. The van der Waals surface area contributed by atoms with Crippen molar-refractivity contribution in [3.05, 3.63) is 59.5 Å². The van der Waals surface area contributed by atoms with E-state index in [2.05, 4.69) is 15.4 Å². The molecular formula is C19H17F3N4O4S. The number of carbonyl (C=O) groups is 1. The average Bonchev–Trinajstić information content (AvgIpc) is 3.05. The number of nitrogens with zero attached hydrogens (tertiary/aromatic N) is 3. The number of ether oxygens (including phenoxy) is 1. The van der Waals surface area contributed by atoms with E-state index in [1.165, 1.54) is 19.4 Å². The molecule has 0 atom stereocenters. The molecule has 2 heterocycles. The van der Waals surface area contributed by atoms with Crippen LogP contribution in [0.4, 0.5) is 18.9 Å². The van der Waals surface area contributed by atoms with E-state index in [1.54, 1.807) is 10.7 Å². The van der Waals surface area contributed by atoms with Crippen LogP contribution in [0.15, 0.2) is 47.5 Å². The highest BCUT2D eigenvalue weighted by Gasteiger charge is 2.47. The molecule has 1 aromatic carbocycles. The Hall–Kier alpha value is -3.41. The van der Waals surface area contributed by atoms with Crippen LogP contribution in [-0.4, -0.2) is 41.7 Å². The summed E-state index contributed by atoms with van der Waals surface area (Å²) < 4.78 is 68.5. The van der Waals surface area contributed by atoms with Gasteiger partial charge < -0.3 is 10.1 Å². The van der Waals surface area contributed by atoms with E-state index >= 15 is 0 Å². The van der Waals surface area contributed by atoms with Gasteiger partial charge in [0.05, 0.1) is 29.0 Å². The molecule has 164 valence electrons. The van der Waals surface area contributed by atoms with Crippen LogP contribution in [0.3, 0.4) is 0 Å². The summed E-state index contributed by atoms with van der Waals surface area (Å²) in [5.74, 6) is -0.257. The Balaban J connectivity index is 1.89. The van der Waals surface area contributed by atoms with Gasteiger partial charge in [0.15, 0.2) is 5.82 Å². The Kier molecular flexibility index (Phi) is 5.77. The Morgan fingerprint density at radius 1 is 1.13 bits per heavy atom. The summed E-state index contributed by atoms with van der Waals surface area (Å²) >= 11 is 0. The summed E-state index contributed by atoms with van der Waals surface area (Å²) in [6.45, 7) is 3.67. The number of hydrogen-bond donors (Lipinski definition) is 1. The number of pyridine rings is 1. The number of sulfone groups is 1. The van der Waals surface area contributed by atoms with Crippen LogP contribution in [-0.2, 0) is 9.84 Å². The minimum absolute atomic E-state index is 0.0123. The average molecular weight is 454 g/mol. The number of hydrogen-bond acceptors (Lipinski definition) is 6. The molecule has 0 saturated heterocycles. The van der Waals surface area contributed by atoms with Crippen molar-refractivity contribution in [3.63, 3.8) is 0 Å². The third-order valence-corrected chi connectivity index (χ3v) is 5.75. The van der Waals surface area contributed by atoms with Crippen molar-refractivity contribution in [2.45, 2.75) is 24.3 Å². The van der Waals surface area contributed by atoms with E-state index in [0.29, 0.717) is 11.9 Å². The van der Waals surface area contributed by atoms with Crippen LogP contribution in [0.5, 0.6) is 5.75 Å². The molecule has 3 aromatic rings. The fourth-order valence-corrected chi connectivity index (χ4v) is 3.57. The maximum absolute atomic E-state index is 12.8. The molecule has 0 fully saturated rings. The lowest BCUT2D eigenvalue weighted by Gasteiger charge is -2.13. The number of anilines is 1. The molecule has 0 radical (unpaired) electrons. The second-order valence-corrected chi connectivity index (χ2v) is 8.45. The molecule has 0 saturated carbocycles.